The lowest BCUT2D eigenvalue weighted by Crippen LogP contribution is -2.13. The SMILES string of the molecule is O=S(=O)(Nc1ccc(F)c(Cl)c1)c1cccc2cccnc12. The monoisotopic (exact) mass is 336 g/mol. The fourth-order valence-corrected chi connectivity index (χ4v) is 3.47. The molecule has 3 rings (SSSR count). The molecule has 22 heavy (non-hydrogen) atoms. The topological polar surface area (TPSA) is 59.1 Å². The number of nitrogens with one attached hydrogen (secondary N) is 1. The summed E-state index contributed by atoms with van der Waals surface area (Å²) in [4.78, 5) is 4.16. The number of sulfonamides is 1. The zero-order chi connectivity index (χ0) is 15.7. The molecule has 4 nitrogen and oxygen atoms in total. The van der Waals surface area contributed by atoms with E-state index in [0.29, 0.717) is 10.9 Å². The van der Waals surface area contributed by atoms with E-state index in [1.165, 1.54) is 24.4 Å². The Labute approximate surface area is 131 Å². The van der Waals surface area contributed by atoms with E-state index in [4.69, 9.17) is 11.6 Å². The average Bonchev–Trinajstić information content (AvgIpc) is 2.50. The summed E-state index contributed by atoms with van der Waals surface area (Å²) in [6.07, 6.45) is 1.52. The van der Waals surface area contributed by atoms with Gasteiger partial charge in [0, 0.05) is 11.6 Å². The van der Waals surface area contributed by atoms with E-state index in [1.54, 1.807) is 24.3 Å². The van der Waals surface area contributed by atoms with Crippen LogP contribution in [0.4, 0.5) is 10.1 Å². The van der Waals surface area contributed by atoms with Crippen molar-refractivity contribution in [2.45, 2.75) is 4.90 Å². The molecule has 0 saturated carbocycles. The molecule has 0 radical (unpaired) electrons. The van der Waals surface area contributed by atoms with Gasteiger partial charge in [0.25, 0.3) is 10.0 Å². The van der Waals surface area contributed by atoms with Crippen LogP contribution in [0.1, 0.15) is 0 Å². The van der Waals surface area contributed by atoms with E-state index in [2.05, 4.69) is 9.71 Å². The van der Waals surface area contributed by atoms with E-state index < -0.39 is 15.8 Å². The number of halogens is 2. The maximum Gasteiger partial charge on any atom is 0.264 e. The number of anilines is 1. The Morgan fingerprint density at radius 2 is 1.86 bits per heavy atom. The first-order valence-electron chi connectivity index (χ1n) is 6.29. The number of rotatable bonds is 3. The molecule has 0 aliphatic rings. The van der Waals surface area contributed by atoms with Crippen LogP contribution in [0, 0.1) is 5.82 Å². The number of fused-ring (bicyclic) bond motifs is 1. The first kappa shape index (κ1) is 14.7. The van der Waals surface area contributed by atoms with Crippen LogP contribution >= 0.6 is 11.6 Å². The highest BCUT2D eigenvalue weighted by atomic mass is 35.5. The molecule has 2 aromatic carbocycles. The third kappa shape index (κ3) is 2.75. The molecule has 0 saturated heterocycles. The minimum absolute atomic E-state index is 0.0473. The summed E-state index contributed by atoms with van der Waals surface area (Å²) in [5.41, 5.74) is 0.546. The van der Waals surface area contributed by atoms with E-state index >= 15 is 0 Å². The van der Waals surface area contributed by atoms with Gasteiger partial charge in [0.2, 0.25) is 0 Å². The van der Waals surface area contributed by atoms with Gasteiger partial charge in [-0.3, -0.25) is 9.71 Å². The Hall–Kier alpha value is -2.18. The first-order valence-corrected chi connectivity index (χ1v) is 8.15. The molecule has 7 heteroatoms. The van der Waals surface area contributed by atoms with Crippen molar-refractivity contribution in [1.82, 2.24) is 4.98 Å². The van der Waals surface area contributed by atoms with Gasteiger partial charge in [0.05, 0.1) is 16.2 Å². The summed E-state index contributed by atoms with van der Waals surface area (Å²) < 4.78 is 40.6. The second-order valence-corrected chi connectivity index (χ2v) is 6.62. The summed E-state index contributed by atoms with van der Waals surface area (Å²) in [5, 5.41) is 0.554. The van der Waals surface area contributed by atoms with Gasteiger partial charge in [-0.15, -0.1) is 0 Å². The number of hydrogen-bond donors (Lipinski definition) is 1. The lowest BCUT2D eigenvalue weighted by Gasteiger charge is -2.10. The highest BCUT2D eigenvalue weighted by Gasteiger charge is 2.18. The average molecular weight is 337 g/mol. The Bertz CT molecular complexity index is 955. The van der Waals surface area contributed by atoms with Gasteiger partial charge >= 0.3 is 0 Å². The van der Waals surface area contributed by atoms with Gasteiger partial charge in [-0.05, 0) is 30.3 Å². The molecule has 0 atom stereocenters. The highest BCUT2D eigenvalue weighted by Crippen LogP contribution is 2.25. The van der Waals surface area contributed by atoms with Gasteiger partial charge in [-0.25, -0.2) is 12.8 Å². The minimum atomic E-state index is -3.86. The zero-order valence-corrected chi connectivity index (χ0v) is 12.7. The molecule has 3 aromatic rings. The fourth-order valence-electron chi connectivity index (χ4n) is 2.06. The number of para-hydroxylation sites is 1. The van der Waals surface area contributed by atoms with Crippen molar-refractivity contribution >= 4 is 38.2 Å². The normalized spacial score (nSPS) is 11.5. The largest absolute Gasteiger partial charge is 0.280 e. The second-order valence-electron chi connectivity index (χ2n) is 4.57. The minimum Gasteiger partial charge on any atom is -0.280 e. The van der Waals surface area contributed by atoms with Crippen LogP contribution in [0.25, 0.3) is 10.9 Å². The third-order valence-electron chi connectivity index (χ3n) is 3.06. The molecule has 0 unspecified atom stereocenters. The van der Waals surface area contributed by atoms with Crippen LogP contribution < -0.4 is 4.72 Å². The van der Waals surface area contributed by atoms with Gasteiger partial charge in [0.1, 0.15) is 10.7 Å². The summed E-state index contributed by atoms with van der Waals surface area (Å²) >= 11 is 5.66. The van der Waals surface area contributed by atoms with Crippen molar-refractivity contribution in [3.8, 4) is 0 Å². The second kappa shape index (κ2) is 5.55. The molecule has 1 N–H and O–H groups in total. The molecule has 0 fully saturated rings. The molecule has 0 bridgehead atoms. The van der Waals surface area contributed by atoms with E-state index in [1.807, 2.05) is 0 Å². The molecule has 0 aliphatic heterocycles. The first-order chi connectivity index (χ1) is 10.5. The van der Waals surface area contributed by atoms with E-state index in [-0.39, 0.29) is 15.6 Å². The van der Waals surface area contributed by atoms with Gasteiger partial charge in [0.15, 0.2) is 0 Å². The summed E-state index contributed by atoms with van der Waals surface area (Å²) in [7, 11) is -3.86. The molecular weight excluding hydrogens is 327 g/mol. The number of aromatic nitrogens is 1. The Morgan fingerprint density at radius 3 is 2.64 bits per heavy atom. The van der Waals surface area contributed by atoms with Crippen molar-refractivity contribution in [1.29, 1.82) is 0 Å². The van der Waals surface area contributed by atoms with Crippen LogP contribution in [0.3, 0.4) is 0 Å². The van der Waals surface area contributed by atoms with E-state index in [0.717, 1.165) is 6.07 Å². The summed E-state index contributed by atoms with van der Waals surface area (Å²) in [6, 6.07) is 12.0. The summed E-state index contributed by atoms with van der Waals surface area (Å²) in [5.74, 6) is -0.614. The standard InChI is InChI=1S/C15H10ClFN2O2S/c16-12-9-11(6-7-13(12)17)19-22(20,21)14-5-1-3-10-4-2-8-18-15(10)14/h1-9,19H. The van der Waals surface area contributed by atoms with Crippen LogP contribution in [-0.2, 0) is 10.0 Å². The van der Waals surface area contributed by atoms with Gasteiger partial charge in [-0.1, -0.05) is 29.8 Å². The van der Waals surface area contributed by atoms with Crippen LogP contribution in [0.5, 0.6) is 0 Å². The Morgan fingerprint density at radius 1 is 1.09 bits per heavy atom. The number of hydrogen-bond acceptors (Lipinski definition) is 3. The van der Waals surface area contributed by atoms with Crippen molar-refractivity contribution in [2.24, 2.45) is 0 Å². The predicted octanol–water partition coefficient (Wildman–Crippen LogP) is 3.83. The molecule has 0 aliphatic carbocycles. The molecule has 1 aromatic heterocycles. The lowest BCUT2D eigenvalue weighted by molar-refractivity contribution is 0.601. The number of benzene rings is 2. The summed E-state index contributed by atoms with van der Waals surface area (Å²) in [6.45, 7) is 0. The molecule has 0 spiro atoms. The zero-order valence-electron chi connectivity index (χ0n) is 11.1. The van der Waals surface area contributed by atoms with Crippen molar-refractivity contribution in [3.63, 3.8) is 0 Å². The lowest BCUT2D eigenvalue weighted by atomic mass is 10.2. The van der Waals surface area contributed by atoms with Crippen LogP contribution in [0.15, 0.2) is 59.6 Å². The van der Waals surface area contributed by atoms with Crippen molar-refractivity contribution in [2.75, 3.05) is 4.72 Å². The maximum atomic E-state index is 13.1. The number of nitrogens with zero attached hydrogens (tertiary/aromatic N) is 1. The molecule has 112 valence electrons. The van der Waals surface area contributed by atoms with Crippen molar-refractivity contribution < 1.29 is 12.8 Å². The quantitative estimate of drug-likeness (QED) is 0.790. The smallest absolute Gasteiger partial charge is 0.264 e. The van der Waals surface area contributed by atoms with Crippen LogP contribution in [-0.4, -0.2) is 13.4 Å². The fraction of sp³-hybridized carbons (Fsp3) is 0. The molecule has 1 heterocycles. The van der Waals surface area contributed by atoms with E-state index in [9.17, 15) is 12.8 Å². The molecule has 0 amide bonds. The predicted molar refractivity (Wildman–Crippen MR) is 84.0 cm³/mol. The Kier molecular flexibility index (Phi) is 3.72. The third-order valence-corrected chi connectivity index (χ3v) is 4.76. The van der Waals surface area contributed by atoms with Crippen LogP contribution in [0.2, 0.25) is 5.02 Å². The number of pyridine rings is 1. The molecular formula is C15H10ClFN2O2S. The van der Waals surface area contributed by atoms with Gasteiger partial charge < -0.3 is 0 Å². The van der Waals surface area contributed by atoms with Crippen molar-refractivity contribution in [3.05, 3.63) is 65.6 Å². The Balaban J connectivity index is 2.07. The maximum absolute atomic E-state index is 13.1. The van der Waals surface area contributed by atoms with Gasteiger partial charge in [-0.2, -0.15) is 0 Å². The highest BCUT2D eigenvalue weighted by molar-refractivity contribution is 7.93.